The molecule has 0 bridgehead atoms. The fourth-order valence-electron chi connectivity index (χ4n) is 1.91. The Balaban J connectivity index is 1.52. The predicted molar refractivity (Wildman–Crippen MR) is 72.6 cm³/mol. The maximum absolute atomic E-state index is 13.2. The first kappa shape index (κ1) is 13.6. The van der Waals surface area contributed by atoms with Gasteiger partial charge in [-0.25, -0.2) is 9.37 Å². The largest absolute Gasteiger partial charge is 0.491 e. The number of nitrogens with zero attached hydrogens (tertiary/aromatic N) is 2. The molecular formula is C15H19FN2O. The molecule has 0 fully saturated rings. The molecule has 0 aliphatic carbocycles. The summed E-state index contributed by atoms with van der Waals surface area (Å²) in [6.45, 7) is 1.58. The minimum Gasteiger partial charge on any atom is -0.491 e. The number of hydrogen-bond acceptors (Lipinski definition) is 2. The fourth-order valence-corrected chi connectivity index (χ4v) is 1.91. The van der Waals surface area contributed by atoms with E-state index in [0.29, 0.717) is 12.4 Å². The van der Waals surface area contributed by atoms with Gasteiger partial charge < -0.3 is 9.30 Å². The van der Waals surface area contributed by atoms with Gasteiger partial charge in [-0.3, -0.25) is 0 Å². The number of ether oxygens (including phenoxy) is 1. The van der Waals surface area contributed by atoms with E-state index in [9.17, 15) is 4.39 Å². The zero-order valence-electron chi connectivity index (χ0n) is 11.0. The number of aryl methyl sites for hydroxylation is 1. The highest BCUT2D eigenvalue weighted by Crippen LogP contribution is 2.15. The van der Waals surface area contributed by atoms with Gasteiger partial charge in [0.15, 0.2) is 11.6 Å². The van der Waals surface area contributed by atoms with Crippen molar-refractivity contribution in [2.45, 2.75) is 32.2 Å². The topological polar surface area (TPSA) is 27.1 Å². The van der Waals surface area contributed by atoms with Gasteiger partial charge in [0, 0.05) is 18.9 Å². The molecule has 0 atom stereocenters. The van der Waals surface area contributed by atoms with Crippen molar-refractivity contribution in [1.29, 1.82) is 0 Å². The number of hydrogen-bond donors (Lipinski definition) is 0. The van der Waals surface area contributed by atoms with Crippen LogP contribution in [0.5, 0.6) is 5.75 Å². The summed E-state index contributed by atoms with van der Waals surface area (Å²) in [7, 11) is 0. The van der Waals surface area contributed by atoms with Gasteiger partial charge in [-0.2, -0.15) is 0 Å². The Morgan fingerprint density at radius 1 is 1.11 bits per heavy atom. The van der Waals surface area contributed by atoms with Crippen molar-refractivity contribution < 1.29 is 9.13 Å². The minimum absolute atomic E-state index is 0.289. The smallest absolute Gasteiger partial charge is 0.165 e. The Labute approximate surface area is 113 Å². The molecule has 0 spiro atoms. The van der Waals surface area contributed by atoms with Crippen molar-refractivity contribution in [2.24, 2.45) is 0 Å². The van der Waals surface area contributed by atoms with Crippen molar-refractivity contribution in [1.82, 2.24) is 9.55 Å². The lowest BCUT2D eigenvalue weighted by atomic mass is 10.2. The zero-order valence-corrected chi connectivity index (χ0v) is 11.0. The maximum Gasteiger partial charge on any atom is 0.165 e. The van der Waals surface area contributed by atoms with Gasteiger partial charge in [0.2, 0.25) is 0 Å². The van der Waals surface area contributed by atoms with Crippen LogP contribution in [0.4, 0.5) is 4.39 Å². The third-order valence-electron chi connectivity index (χ3n) is 2.96. The molecule has 4 heteroatoms. The van der Waals surface area contributed by atoms with Crippen LogP contribution < -0.4 is 4.74 Å². The highest BCUT2D eigenvalue weighted by molar-refractivity contribution is 5.23. The molecule has 102 valence electrons. The van der Waals surface area contributed by atoms with Crippen LogP contribution in [0.2, 0.25) is 0 Å². The Morgan fingerprint density at radius 2 is 1.95 bits per heavy atom. The van der Waals surface area contributed by atoms with Crippen molar-refractivity contribution in [3.63, 3.8) is 0 Å². The molecule has 0 saturated carbocycles. The molecule has 1 heterocycles. The molecular weight excluding hydrogens is 243 g/mol. The zero-order chi connectivity index (χ0) is 13.3. The highest BCUT2D eigenvalue weighted by Gasteiger charge is 2.00. The van der Waals surface area contributed by atoms with E-state index >= 15 is 0 Å². The van der Waals surface area contributed by atoms with Crippen LogP contribution in [0.25, 0.3) is 0 Å². The van der Waals surface area contributed by atoms with E-state index in [1.54, 1.807) is 24.4 Å². The standard InChI is InChI=1S/C15H19FN2O/c16-14-7-3-4-8-15(14)19-12-6-2-1-5-10-18-11-9-17-13-18/h3-4,7-9,11,13H,1-2,5-6,10,12H2. The molecule has 0 unspecified atom stereocenters. The van der Waals surface area contributed by atoms with Gasteiger partial charge in [-0.1, -0.05) is 25.0 Å². The molecule has 0 amide bonds. The van der Waals surface area contributed by atoms with E-state index in [1.165, 1.54) is 6.07 Å². The van der Waals surface area contributed by atoms with Gasteiger partial charge in [0.05, 0.1) is 12.9 Å². The van der Waals surface area contributed by atoms with E-state index in [0.717, 1.165) is 32.2 Å². The van der Waals surface area contributed by atoms with Gasteiger partial charge >= 0.3 is 0 Å². The molecule has 3 nitrogen and oxygen atoms in total. The summed E-state index contributed by atoms with van der Waals surface area (Å²) in [5, 5.41) is 0. The molecule has 1 aromatic carbocycles. The van der Waals surface area contributed by atoms with Gasteiger partial charge in [-0.05, 0) is 25.0 Å². The van der Waals surface area contributed by atoms with Crippen molar-refractivity contribution in [2.75, 3.05) is 6.61 Å². The lowest BCUT2D eigenvalue weighted by molar-refractivity contribution is 0.290. The van der Waals surface area contributed by atoms with E-state index in [-0.39, 0.29) is 5.82 Å². The minimum atomic E-state index is -0.289. The predicted octanol–water partition coefficient (Wildman–Crippen LogP) is 3.66. The molecule has 0 radical (unpaired) electrons. The molecule has 19 heavy (non-hydrogen) atoms. The van der Waals surface area contributed by atoms with E-state index < -0.39 is 0 Å². The van der Waals surface area contributed by atoms with Crippen molar-refractivity contribution >= 4 is 0 Å². The second-order valence-electron chi connectivity index (χ2n) is 4.49. The summed E-state index contributed by atoms with van der Waals surface area (Å²) in [5.74, 6) is 0.0588. The maximum atomic E-state index is 13.2. The number of halogens is 1. The third-order valence-corrected chi connectivity index (χ3v) is 2.96. The first-order valence-corrected chi connectivity index (χ1v) is 6.69. The first-order chi connectivity index (χ1) is 9.36. The second kappa shape index (κ2) is 7.56. The molecule has 2 aromatic rings. The van der Waals surface area contributed by atoms with Crippen LogP contribution in [-0.4, -0.2) is 16.2 Å². The Morgan fingerprint density at radius 3 is 2.74 bits per heavy atom. The summed E-state index contributed by atoms with van der Waals surface area (Å²) in [6, 6.07) is 6.52. The Bertz CT molecular complexity index is 471. The lowest BCUT2D eigenvalue weighted by Gasteiger charge is -2.07. The average Bonchev–Trinajstić information content (AvgIpc) is 2.93. The van der Waals surface area contributed by atoms with Crippen LogP contribution in [0, 0.1) is 5.82 Å². The molecule has 2 rings (SSSR count). The highest BCUT2D eigenvalue weighted by atomic mass is 19.1. The van der Waals surface area contributed by atoms with Crippen molar-refractivity contribution in [3.05, 3.63) is 48.8 Å². The van der Waals surface area contributed by atoms with Crippen LogP contribution in [0.3, 0.4) is 0 Å². The quantitative estimate of drug-likeness (QED) is 0.679. The van der Waals surface area contributed by atoms with Gasteiger partial charge in [-0.15, -0.1) is 0 Å². The summed E-state index contributed by atoms with van der Waals surface area (Å²) in [5.41, 5.74) is 0. The van der Waals surface area contributed by atoms with Crippen LogP contribution in [-0.2, 0) is 6.54 Å². The lowest BCUT2D eigenvalue weighted by Crippen LogP contribution is -2.00. The monoisotopic (exact) mass is 262 g/mol. The summed E-state index contributed by atoms with van der Waals surface area (Å²) < 4.78 is 20.7. The summed E-state index contributed by atoms with van der Waals surface area (Å²) in [6.07, 6.45) is 9.95. The number of para-hydroxylation sites is 1. The van der Waals surface area contributed by atoms with Crippen LogP contribution >= 0.6 is 0 Å². The van der Waals surface area contributed by atoms with Crippen LogP contribution in [0.15, 0.2) is 43.0 Å². The number of imidazole rings is 1. The second-order valence-corrected chi connectivity index (χ2v) is 4.49. The third kappa shape index (κ3) is 4.73. The molecule has 1 aromatic heterocycles. The van der Waals surface area contributed by atoms with Gasteiger partial charge in [0.25, 0.3) is 0 Å². The number of rotatable bonds is 8. The number of unbranched alkanes of at least 4 members (excludes halogenated alkanes) is 3. The van der Waals surface area contributed by atoms with E-state index in [1.807, 2.05) is 12.5 Å². The SMILES string of the molecule is Fc1ccccc1OCCCCCCn1ccnc1. The normalized spacial score (nSPS) is 10.6. The molecule has 0 N–H and O–H groups in total. The fraction of sp³-hybridized carbons (Fsp3) is 0.400. The van der Waals surface area contributed by atoms with Crippen LogP contribution in [0.1, 0.15) is 25.7 Å². The van der Waals surface area contributed by atoms with E-state index in [2.05, 4.69) is 9.55 Å². The summed E-state index contributed by atoms with van der Waals surface area (Å²) in [4.78, 5) is 4.00. The molecule has 0 saturated heterocycles. The van der Waals surface area contributed by atoms with Gasteiger partial charge in [0.1, 0.15) is 0 Å². The number of benzene rings is 1. The summed E-state index contributed by atoms with van der Waals surface area (Å²) >= 11 is 0. The van der Waals surface area contributed by atoms with Crippen molar-refractivity contribution in [3.8, 4) is 5.75 Å². The molecule has 0 aliphatic heterocycles. The first-order valence-electron chi connectivity index (χ1n) is 6.69. The number of aromatic nitrogens is 2. The molecule has 0 aliphatic rings. The Hall–Kier alpha value is -1.84. The average molecular weight is 262 g/mol. The van der Waals surface area contributed by atoms with E-state index in [4.69, 9.17) is 4.74 Å². The Kier molecular flexibility index (Phi) is 5.41.